The zero-order valence-corrected chi connectivity index (χ0v) is 14.0. The number of rotatable bonds is 5. The van der Waals surface area contributed by atoms with Crippen LogP contribution in [0.4, 0.5) is 5.69 Å². The second-order valence-corrected chi connectivity index (χ2v) is 5.86. The number of ether oxygens (including phenoxy) is 2. The number of carbonyl (C=O) groups excluding carboxylic acids is 1. The average molecular weight is 341 g/mol. The van der Waals surface area contributed by atoms with Gasteiger partial charge in [0.2, 0.25) is 0 Å². The lowest BCUT2D eigenvalue weighted by Crippen LogP contribution is -2.14. The van der Waals surface area contributed by atoms with Crippen LogP contribution in [-0.2, 0) is 6.42 Å². The summed E-state index contributed by atoms with van der Waals surface area (Å²) in [6, 6.07) is 9.51. The highest BCUT2D eigenvalue weighted by molar-refractivity contribution is 6.06. The van der Waals surface area contributed by atoms with Crippen molar-refractivity contribution in [2.45, 2.75) is 26.4 Å². The van der Waals surface area contributed by atoms with E-state index in [0.29, 0.717) is 18.0 Å². The molecule has 3 rings (SSSR count). The van der Waals surface area contributed by atoms with Crippen molar-refractivity contribution in [1.82, 2.24) is 0 Å². The summed E-state index contributed by atoms with van der Waals surface area (Å²) in [5.74, 6) is -0.188. The van der Waals surface area contributed by atoms with Crippen molar-refractivity contribution in [3.63, 3.8) is 0 Å². The summed E-state index contributed by atoms with van der Waals surface area (Å²) in [4.78, 5) is 23.6. The van der Waals surface area contributed by atoms with Gasteiger partial charge >= 0.3 is 5.97 Å². The van der Waals surface area contributed by atoms with Crippen molar-refractivity contribution < 1.29 is 24.2 Å². The molecule has 0 bridgehead atoms. The van der Waals surface area contributed by atoms with Crippen molar-refractivity contribution in [1.29, 1.82) is 0 Å². The van der Waals surface area contributed by atoms with Gasteiger partial charge in [-0.05, 0) is 38.1 Å². The largest absolute Gasteiger partial charge is 0.492 e. The Morgan fingerprint density at radius 3 is 2.76 bits per heavy atom. The number of carboxylic acids is 1. The third-order valence-corrected chi connectivity index (χ3v) is 3.92. The van der Waals surface area contributed by atoms with Gasteiger partial charge in [-0.2, -0.15) is 0 Å². The van der Waals surface area contributed by atoms with E-state index in [1.165, 1.54) is 18.2 Å². The molecule has 6 heteroatoms. The maximum Gasteiger partial charge on any atom is 0.335 e. The Bertz CT molecular complexity index is 831. The van der Waals surface area contributed by atoms with Crippen LogP contribution in [-0.4, -0.2) is 29.7 Å². The number of fused-ring (bicyclic) bond motifs is 1. The molecule has 0 saturated carbocycles. The fourth-order valence-corrected chi connectivity index (χ4v) is 2.80. The minimum Gasteiger partial charge on any atom is -0.492 e. The molecule has 0 fully saturated rings. The van der Waals surface area contributed by atoms with Crippen LogP contribution in [0.2, 0.25) is 0 Å². The van der Waals surface area contributed by atoms with Crippen LogP contribution in [0.1, 0.15) is 40.1 Å². The zero-order valence-electron chi connectivity index (χ0n) is 14.0. The Labute approximate surface area is 145 Å². The van der Waals surface area contributed by atoms with E-state index in [2.05, 4.69) is 5.32 Å². The lowest BCUT2D eigenvalue weighted by Gasteiger charge is -2.13. The fraction of sp³-hybridized carbons (Fsp3) is 0.263. The molecule has 130 valence electrons. The van der Waals surface area contributed by atoms with Crippen LogP contribution >= 0.6 is 0 Å². The summed E-state index contributed by atoms with van der Waals surface area (Å²) in [5.41, 5.74) is 1.86. The minimum atomic E-state index is -1.08. The molecule has 1 atom stereocenters. The highest BCUT2D eigenvalue weighted by Crippen LogP contribution is 2.38. The fourth-order valence-electron chi connectivity index (χ4n) is 2.80. The Morgan fingerprint density at radius 2 is 2.04 bits per heavy atom. The molecular formula is C19H19NO5. The highest BCUT2D eigenvalue weighted by Gasteiger charge is 2.23. The number of amides is 1. The molecular weight excluding hydrogens is 322 g/mol. The quantitative estimate of drug-likeness (QED) is 0.871. The normalized spacial score (nSPS) is 15.2. The van der Waals surface area contributed by atoms with Crippen LogP contribution < -0.4 is 14.8 Å². The molecule has 1 heterocycles. The lowest BCUT2D eigenvalue weighted by atomic mass is 10.1. The molecule has 0 aromatic heterocycles. The molecule has 0 aliphatic carbocycles. The van der Waals surface area contributed by atoms with Gasteiger partial charge in [-0.25, -0.2) is 4.79 Å². The number of carboxylic acid groups (broad SMARTS) is 1. The van der Waals surface area contributed by atoms with Gasteiger partial charge in [-0.1, -0.05) is 6.07 Å². The summed E-state index contributed by atoms with van der Waals surface area (Å²) in [5, 5.41) is 11.8. The first-order valence-corrected chi connectivity index (χ1v) is 8.09. The molecule has 2 aromatic rings. The van der Waals surface area contributed by atoms with E-state index in [4.69, 9.17) is 14.6 Å². The van der Waals surface area contributed by atoms with Crippen LogP contribution in [0.5, 0.6) is 11.5 Å². The number of hydrogen-bond donors (Lipinski definition) is 2. The third kappa shape index (κ3) is 3.57. The number of hydrogen-bond acceptors (Lipinski definition) is 4. The van der Waals surface area contributed by atoms with Crippen molar-refractivity contribution in [3.8, 4) is 11.5 Å². The zero-order chi connectivity index (χ0) is 18.0. The Kier molecular flexibility index (Phi) is 4.61. The van der Waals surface area contributed by atoms with E-state index in [1.807, 2.05) is 19.9 Å². The number of nitrogens with one attached hydrogen (secondary N) is 1. The predicted molar refractivity (Wildman–Crippen MR) is 92.8 cm³/mol. The van der Waals surface area contributed by atoms with Crippen LogP contribution in [0.25, 0.3) is 0 Å². The molecule has 0 spiro atoms. The standard InChI is InChI=1S/C19H19NO5/c1-3-24-17-9-14-7-11(2)25-16(14)10-15(17)20-18(21)12-5-4-6-13(8-12)19(22)23/h4-6,8-11H,3,7H2,1-2H3,(H,20,21)(H,22,23). The van der Waals surface area contributed by atoms with Gasteiger partial charge < -0.3 is 19.9 Å². The summed E-state index contributed by atoms with van der Waals surface area (Å²) in [6.45, 7) is 4.32. The van der Waals surface area contributed by atoms with Crippen LogP contribution in [0.3, 0.4) is 0 Å². The summed E-state index contributed by atoms with van der Waals surface area (Å²) in [6.07, 6.45) is 0.882. The van der Waals surface area contributed by atoms with Gasteiger partial charge in [0.1, 0.15) is 17.6 Å². The number of carbonyl (C=O) groups is 2. The molecule has 1 aliphatic rings. The van der Waals surface area contributed by atoms with Crippen LogP contribution in [0.15, 0.2) is 36.4 Å². The Morgan fingerprint density at radius 1 is 1.28 bits per heavy atom. The molecule has 0 radical (unpaired) electrons. The van der Waals surface area contributed by atoms with E-state index < -0.39 is 11.9 Å². The Balaban J connectivity index is 1.89. The van der Waals surface area contributed by atoms with E-state index in [-0.39, 0.29) is 17.2 Å². The summed E-state index contributed by atoms with van der Waals surface area (Å²) < 4.78 is 11.4. The smallest absolute Gasteiger partial charge is 0.335 e. The molecule has 1 unspecified atom stereocenters. The maximum atomic E-state index is 12.5. The van der Waals surface area contributed by atoms with Crippen LogP contribution in [0, 0.1) is 0 Å². The van der Waals surface area contributed by atoms with Gasteiger partial charge in [-0.3, -0.25) is 4.79 Å². The number of benzene rings is 2. The third-order valence-electron chi connectivity index (χ3n) is 3.92. The van der Waals surface area contributed by atoms with E-state index >= 15 is 0 Å². The molecule has 25 heavy (non-hydrogen) atoms. The molecule has 1 amide bonds. The van der Waals surface area contributed by atoms with Crippen molar-refractivity contribution in [3.05, 3.63) is 53.1 Å². The maximum absolute atomic E-state index is 12.5. The minimum absolute atomic E-state index is 0.0591. The first-order valence-electron chi connectivity index (χ1n) is 8.09. The van der Waals surface area contributed by atoms with Crippen molar-refractivity contribution >= 4 is 17.6 Å². The first-order chi connectivity index (χ1) is 12.0. The molecule has 1 aliphatic heterocycles. The number of anilines is 1. The van der Waals surface area contributed by atoms with Crippen molar-refractivity contribution in [2.24, 2.45) is 0 Å². The average Bonchev–Trinajstić information content (AvgIpc) is 2.94. The van der Waals surface area contributed by atoms with E-state index in [9.17, 15) is 9.59 Å². The predicted octanol–water partition coefficient (Wildman–Crippen LogP) is 3.36. The first kappa shape index (κ1) is 16.8. The molecule has 2 aromatic carbocycles. The van der Waals surface area contributed by atoms with E-state index in [0.717, 1.165) is 17.7 Å². The van der Waals surface area contributed by atoms with Gasteiger partial charge in [0.15, 0.2) is 0 Å². The molecule has 0 saturated heterocycles. The second-order valence-electron chi connectivity index (χ2n) is 5.86. The lowest BCUT2D eigenvalue weighted by molar-refractivity contribution is 0.0697. The Hall–Kier alpha value is -3.02. The van der Waals surface area contributed by atoms with Gasteiger partial charge in [-0.15, -0.1) is 0 Å². The van der Waals surface area contributed by atoms with Gasteiger partial charge in [0, 0.05) is 23.6 Å². The topological polar surface area (TPSA) is 84.9 Å². The van der Waals surface area contributed by atoms with Crippen molar-refractivity contribution in [2.75, 3.05) is 11.9 Å². The SMILES string of the molecule is CCOc1cc2c(cc1NC(=O)c1cccc(C(=O)O)c1)OC(C)C2. The second kappa shape index (κ2) is 6.84. The monoisotopic (exact) mass is 341 g/mol. The number of aromatic carboxylic acids is 1. The van der Waals surface area contributed by atoms with E-state index in [1.54, 1.807) is 12.1 Å². The summed E-state index contributed by atoms with van der Waals surface area (Å²) >= 11 is 0. The van der Waals surface area contributed by atoms with Gasteiger partial charge in [0.25, 0.3) is 5.91 Å². The molecule has 6 nitrogen and oxygen atoms in total. The molecule has 2 N–H and O–H groups in total. The van der Waals surface area contributed by atoms with Gasteiger partial charge in [0.05, 0.1) is 17.9 Å². The highest BCUT2D eigenvalue weighted by atomic mass is 16.5. The summed E-state index contributed by atoms with van der Waals surface area (Å²) in [7, 11) is 0.